The van der Waals surface area contributed by atoms with E-state index in [1.165, 1.54) is 6.08 Å². The highest BCUT2D eigenvalue weighted by Gasteiger charge is 2.19. The second-order valence-electron chi connectivity index (χ2n) is 4.46. The first-order valence-electron chi connectivity index (χ1n) is 6.75. The van der Waals surface area contributed by atoms with Gasteiger partial charge in [0.05, 0.1) is 6.61 Å². The van der Waals surface area contributed by atoms with Crippen LogP contribution in [0.1, 0.15) is 29.4 Å². The number of carbonyl (C=O) groups excluding carboxylic acids is 2. The summed E-state index contributed by atoms with van der Waals surface area (Å²) in [6, 6.07) is 5.78. The Bertz CT molecular complexity index is 688. The van der Waals surface area contributed by atoms with Crippen molar-refractivity contribution in [1.29, 1.82) is 0 Å². The standard InChI is InChI=1S/C16H16BrNO3/c1-2-21-16(20)15-11(7-4-3-5-10-19)14-12(17)8-6-9-13(14)18-15/h3,5-6,8-10,18H,2,4,7H2,1H3/b5-3+. The minimum Gasteiger partial charge on any atom is -0.461 e. The molecule has 0 spiro atoms. The number of ether oxygens (including phenoxy) is 1. The Kier molecular flexibility index (Phi) is 5.33. The number of aryl methyl sites for hydroxylation is 1. The molecule has 0 aliphatic rings. The summed E-state index contributed by atoms with van der Waals surface area (Å²) in [6.45, 7) is 2.11. The first kappa shape index (κ1) is 15.5. The average molecular weight is 350 g/mol. The minimum absolute atomic E-state index is 0.333. The maximum atomic E-state index is 12.1. The quantitative estimate of drug-likeness (QED) is 0.490. The Morgan fingerprint density at radius 1 is 1.43 bits per heavy atom. The number of fused-ring (bicyclic) bond motifs is 1. The zero-order valence-corrected chi connectivity index (χ0v) is 13.3. The van der Waals surface area contributed by atoms with Crippen LogP contribution in [-0.2, 0) is 16.0 Å². The molecule has 0 unspecified atom stereocenters. The van der Waals surface area contributed by atoms with E-state index < -0.39 is 0 Å². The van der Waals surface area contributed by atoms with Gasteiger partial charge in [0.15, 0.2) is 0 Å². The smallest absolute Gasteiger partial charge is 0.355 e. The number of aldehydes is 1. The molecule has 2 rings (SSSR count). The van der Waals surface area contributed by atoms with E-state index in [9.17, 15) is 9.59 Å². The van der Waals surface area contributed by atoms with E-state index in [1.807, 2.05) is 18.2 Å². The van der Waals surface area contributed by atoms with Gasteiger partial charge in [-0.3, -0.25) is 4.79 Å². The maximum absolute atomic E-state index is 12.1. The van der Waals surface area contributed by atoms with Crippen LogP contribution in [0.5, 0.6) is 0 Å². The van der Waals surface area contributed by atoms with E-state index in [1.54, 1.807) is 13.0 Å². The van der Waals surface area contributed by atoms with Gasteiger partial charge in [-0.2, -0.15) is 0 Å². The summed E-state index contributed by atoms with van der Waals surface area (Å²) in [7, 11) is 0. The van der Waals surface area contributed by atoms with Crippen molar-refractivity contribution >= 4 is 39.1 Å². The van der Waals surface area contributed by atoms with E-state index in [2.05, 4.69) is 20.9 Å². The molecule has 1 N–H and O–H groups in total. The highest BCUT2D eigenvalue weighted by Crippen LogP contribution is 2.31. The van der Waals surface area contributed by atoms with Crippen molar-refractivity contribution in [3.05, 3.63) is 46.1 Å². The molecular weight excluding hydrogens is 334 g/mol. The fourth-order valence-electron chi connectivity index (χ4n) is 2.28. The molecule has 1 heterocycles. The van der Waals surface area contributed by atoms with Crippen molar-refractivity contribution in [2.75, 3.05) is 6.61 Å². The van der Waals surface area contributed by atoms with Crippen LogP contribution in [-0.4, -0.2) is 23.8 Å². The number of rotatable bonds is 6. The van der Waals surface area contributed by atoms with Gasteiger partial charge < -0.3 is 9.72 Å². The first-order chi connectivity index (χ1) is 10.2. The number of hydrogen-bond acceptors (Lipinski definition) is 3. The van der Waals surface area contributed by atoms with E-state index in [-0.39, 0.29) is 5.97 Å². The lowest BCUT2D eigenvalue weighted by Gasteiger charge is -2.04. The van der Waals surface area contributed by atoms with Crippen molar-refractivity contribution in [3.63, 3.8) is 0 Å². The zero-order valence-electron chi connectivity index (χ0n) is 11.7. The Hall–Kier alpha value is -1.88. The van der Waals surface area contributed by atoms with Crippen LogP contribution >= 0.6 is 15.9 Å². The Labute approximate surface area is 131 Å². The number of carbonyl (C=O) groups is 2. The van der Waals surface area contributed by atoms with Crippen LogP contribution < -0.4 is 0 Å². The number of benzene rings is 1. The fraction of sp³-hybridized carbons (Fsp3) is 0.250. The molecule has 4 nitrogen and oxygen atoms in total. The third kappa shape index (κ3) is 3.42. The van der Waals surface area contributed by atoms with Crippen LogP contribution in [0.4, 0.5) is 0 Å². The summed E-state index contributed by atoms with van der Waals surface area (Å²) in [5.74, 6) is -0.352. The lowest BCUT2D eigenvalue weighted by Crippen LogP contribution is -2.07. The van der Waals surface area contributed by atoms with Gasteiger partial charge in [0.1, 0.15) is 12.0 Å². The van der Waals surface area contributed by atoms with Gasteiger partial charge in [-0.25, -0.2) is 4.79 Å². The Morgan fingerprint density at radius 2 is 2.24 bits per heavy atom. The summed E-state index contributed by atoms with van der Waals surface area (Å²) in [6.07, 6.45) is 5.34. The molecule has 2 aromatic rings. The zero-order chi connectivity index (χ0) is 15.2. The van der Waals surface area contributed by atoms with Gasteiger partial charge in [-0.1, -0.05) is 28.1 Å². The van der Waals surface area contributed by atoms with Crippen molar-refractivity contribution < 1.29 is 14.3 Å². The average Bonchev–Trinajstić information content (AvgIpc) is 2.84. The van der Waals surface area contributed by atoms with Crippen molar-refractivity contribution in [1.82, 2.24) is 4.98 Å². The number of nitrogens with one attached hydrogen (secondary N) is 1. The molecule has 0 saturated heterocycles. The topological polar surface area (TPSA) is 59.2 Å². The van der Waals surface area contributed by atoms with Crippen LogP contribution in [0.15, 0.2) is 34.8 Å². The number of halogens is 1. The van der Waals surface area contributed by atoms with Crippen LogP contribution in [0.2, 0.25) is 0 Å². The molecule has 0 aliphatic carbocycles. The normalized spacial score (nSPS) is 11.1. The molecule has 21 heavy (non-hydrogen) atoms. The van der Waals surface area contributed by atoms with Gasteiger partial charge in [-0.15, -0.1) is 0 Å². The molecule has 0 radical (unpaired) electrons. The molecule has 110 valence electrons. The molecule has 0 saturated carbocycles. The van der Waals surface area contributed by atoms with E-state index in [4.69, 9.17) is 4.74 Å². The molecule has 5 heteroatoms. The molecule has 0 bridgehead atoms. The number of H-pyrrole nitrogens is 1. The van der Waals surface area contributed by atoms with Gasteiger partial charge in [0, 0.05) is 15.4 Å². The highest BCUT2D eigenvalue weighted by atomic mass is 79.9. The first-order valence-corrected chi connectivity index (χ1v) is 7.54. The molecule has 0 atom stereocenters. The molecule has 1 aromatic heterocycles. The molecule has 0 amide bonds. The van der Waals surface area contributed by atoms with Crippen LogP contribution in [0.3, 0.4) is 0 Å². The second-order valence-corrected chi connectivity index (χ2v) is 5.32. The lowest BCUT2D eigenvalue weighted by atomic mass is 10.1. The summed E-state index contributed by atoms with van der Waals surface area (Å²) >= 11 is 3.53. The van der Waals surface area contributed by atoms with Crippen LogP contribution in [0, 0.1) is 0 Å². The van der Waals surface area contributed by atoms with Gasteiger partial charge in [0.25, 0.3) is 0 Å². The lowest BCUT2D eigenvalue weighted by molar-refractivity contribution is -0.104. The molecule has 0 fully saturated rings. The maximum Gasteiger partial charge on any atom is 0.355 e. The van der Waals surface area contributed by atoms with E-state index in [0.717, 1.165) is 27.2 Å². The van der Waals surface area contributed by atoms with Gasteiger partial charge in [-0.05, 0) is 43.5 Å². The number of esters is 1. The number of hydrogen-bond donors (Lipinski definition) is 1. The summed E-state index contributed by atoms with van der Waals surface area (Å²) in [5, 5.41) is 0.986. The predicted molar refractivity (Wildman–Crippen MR) is 85.5 cm³/mol. The summed E-state index contributed by atoms with van der Waals surface area (Å²) in [4.78, 5) is 25.5. The third-order valence-corrected chi connectivity index (χ3v) is 3.79. The van der Waals surface area contributed by atoms with Gasteiger partial charge in [0.2, 0.25) is 0 Å². The molecular formula is C16H16BrNO3. The second kappa shape index (κ2) is 7.22. The summed E-state index contributed by atoms with van der Waals surface area (Å²) < 4.78 is 6.04. The van der Waals surface area contributed by atoms with Crippen molar-refractivity contribution in [2.24, 2.45) is 0 Å². The minimum atomic E-state index is -0.352. The SMILES string of the molecule is CCOC(=O)c1[nH]c2cccc(Br)c2c1CC/C=C/C=O. The van der Waals surface area contributed by atoms with Crippen LogP contribution in [0.25, 0.3) is 10.9 Å². The Balaban J connectivity index is 2.45. The van der Waals surface area contributed by atoms with E-state index in [0.29, 0.717) is 25.1 Å². The number of allylic oxidation sites excluding steroid dienone is 2. The predicted octanol–water partition coefficient (Wildman–Crippen LogP) is 3.79. The highest BCUT2D eigenvalue weighted by molar-refractivity contribution is 9.10. The summed E-state index contributed by atoms with van der Waals surface area (Å²) in [5.41, 5.74) is 2.28. The Morgan fingerprint density at radius 3 is 2.95 bits per heavy atom. The fourth-order valence-corrected chi connectivity index (χ4v) is 2.88. The third-order valence-electron chi connectivity index (χ3n) is 3.13. The van der Waals surface area contributed by atoms with Crippen molar-refractivity contribution in [2.45, 2.75) is 19.8 Å². The van der Waals surface area contributed by atoms with Crippen molar-refractivity contribution in [3.8, 4) is 0 Å². The largest absolute Gasteiger partial charge is 0.461 e. The van der Waals surface area contributed by atoms with Gasteiger partial charge >= 0.3 is 5.97 Å². The monoisotopic (exact) mass is 349 g/mol. The molecule has 0 aliphatic heterocycles. The number of aromatic nitrogens is 1. The number of aromatic amines is 1. The van der Waals surface area contributed by atoms with E-state index >= 15 is 0 Å². The molecule has 1 aromatic carbocycles.